The monoisotopic (exact) mass is 253 g/mol. The second kappa shape index (κ2) is 3.61. The van der Waals surface area contributed by atoms with Gasteiger partial charge in [-0.2, -0.15) is 13.1 Å². The van der Waals surface area contributed by atoms with E-state index in [1.807, 2.05) is 12.1 Å². The Morgan fingerprint density at radius 2 is 2.12 bits per heavy atom. The van der Waals surface area contributed by atoms with Crippen LogP contribution in [-0.4, -0.2) is 21.0 Å². The van der Waals surface area contributed by atoms with Crippen molar-refractivity contribution in [3.63, 3.8) is 0 Å². The first-order valence-electron chi connectivity index (χ1n) is 5.75. The van der Waals surface area contributed by atoms with Gasteiger partial charge < -0.3 is 5.73 Å². The molecular formula is C11H15N3O2S. The smallest absolute Gasteiger partial charge is 0.301 e. The van der Waals surface area contributed by atoms with Crippen LogP contribution in [0.25, 0.3) is 0 Å². The molecule has 0 aromatic heterocycles. The number of hydrogen-bond acceptors (Lipinski definition) is 3. The molecule has 6 heteroatoms. The van der Waals surface area contributed by atoms with Crippen LogP contribution >= 0.6 is 0 Å². The number of nitrogens with two attached hydrogens (primary N) is 1. The largest absolute Gasteiger partial charge is 0.397 e. The van der Waals surface area contributed by atoms with Gasteiger partial charge in [-0.15, -0.1) is 0 Å². The van der Waals surface area contributed by atoms with Crippen LogP contribution in [0.3, 0.4) is 0 Å². The zero-order valence-corrected chi connectivity index (χ0v) is 10.2. The highest BCUT2D eigenvalue weighted by Gasteiger charge is 2.35. The fraction of sp³-hybridized carbons (Fsp3) is 0.455. The van der Waals surface area contributed by atoms with Gasteiger partial charge in [0.05, 0.1) is 11.4 Å². The lowest BCUT2D eigenvalue weighted by atomic mass is 10.1. The van der Waals surface area contributed by atoms with E-state index in [9.17, 15) is 8.42 Å². The number of hydrogen-bond donors (Lipinski definition) is 2. The van der Waals surface area contributed by atoms with E-state index in [1.54, 1.807) is 6.07 Å². The Hall–Kier alpha value is -1.27. The van der Waals surface area contributed by atoms with Crippen molar-refractivity contribution in [3.05, 3.63) is 23.8 Å². The lowest BCUT2D eigenvalue weighted by Crippen LogP contribution is -2.41. The molecule has 1 fully saturated rings. The van der Waals surface area contributed by atoms with Gasteiger partial charge in [-0.05, 0) is 30.9 Å². The van der Waals surface area contributed by atoms with E-state index in [0.29, 0.717) is 17.9 Å². The summed E-state index contributed by atoms with van der Waals surface area (Å²) in [6, 6.07) is 5.65. The molecule has 1 aliphatic heterocycles. The van der Waals surface area contributed by atoms with Crippen molar-refractivity contribution in [2.75, 3.05) is 16.6 Å². The minimum atomic E-state index is -3.43. The zero-order valence-electron chi connectivity index (χ0n) is 9.39. The fourth-order valence-corrected chi connectivity index (χ4v) is 3.75. The number of rotatable bonds is 3. The average Bonchev–Trinajstić information content (AvgIpc) is 2.94. The summed E-state index contributed by atoms with van der Waals surface area (Å²) in [4.78, 5) is 0. The Labute approximate surface area is 101 Å². The van der Waals surface area contributed by atoms with Crippen molar-refractivity contribution in [3.8, 4) is 0 Å². The average molecular weight is 253 g/mol. The Kier molecular flexibility index (Phi) is 2.31. The number of para-hydroxylation sites is 1. The van der Waals surface area contributed by atoms with Crippen molar-refractivity contribution >= 4 is 21.6 Å². The highest BCUT2D eigenvalue weighted by Crippen LogP contribution is 2.35. The van der Waals surface area contributed by atoms with Crippen molar-refractivity contribution in [1.29, 1.82) is 0 Å². The number of nitrogen functional groups attached to an aromatic ring is 1. The third-order valence-electron chi connectivity index (χ3n) is 3.17. The summed E-state index contributed by atoms with van der Waals surface area (Å²) in [7, 11) is -3.43. The molecule has 1 heterocycles. The molecule has 1 aromatic carbocycles. The van der Waals surface area contributed by atoms with Crippen LogP contribution < -0.4 is 14.8 Å². The molecule has 0 amide bonds. The summed E-state index contributed by atoms with van der Waals surface area (Å²) < 4.78 is 28.4. The van der Waals surface area contributed by atoms with Crippen LogP contribution in [-0.2, 0) is 16.6 Å². The first-order chi connectivity index (χ1) is 8.08. The second-order valence-corrected chi connectivity index (χ2v) is 6.20. The molecule has 1 aromatic rings. The van der Waals surface area contributed by atoms with Crippen molar-refractivity contribution in [2.45, 2.75) is 25.3 Å². The van der Waals surface area contributed by atoms with Gasteiger partial charge in [0, 0.05) is 12.6 Å². The Morgan fingerprint density at radius 1 is 1.35 bits per heavy atom. The lowest BCUT2D eigenvalue weighted by Gasteiger charge is -2.21. The van der Waals surface area contributed by atoms with Gasteiger partial charge in [0.15, 0.2) is 0 Å². The fourth-order valence-electron chi connectivity index (χ4n) is 2.17. The highest BCUT2D eigenvalue weighted by molar-refractivity contribution is 7.91. The second-order valence-electron chi connectivity index (χ2n) is 4.57. The van der Waals surface area contributed by atoms with E-state index >= 15 is 0 Å². The number of nitrogens with zero attached hydrogens (tertiary/aromatic N) is 1. The summed E-state index contributed by atoms with van der Waals surface area (Å²) in [5, 5.41) is 0. The molecule has 17 heavy (non-hydrogen) atoms. The van der Waals surface area contributed by atoms with E-state index in [0.717, 1.165) is 24.8 Å². The van der Waals surface area contributed by atoms with Crippen LogP contribution in [0.4, 0.5) is 11.4 Å². The number of benzene rings is 1. The van der Waals surface area contributed by atoms with Gasteiger partial charge in [0.1, 0.15) is 0 Å². The van der Waals surface area contributed by atoms with Gasteiger partial charge >= 0.3 is 10.2 Å². The topological polar surface area (TPSA) is 75.4 Å². The summed E-state index contributed by atoms with van der Waals surface area (Å²) in [5.74, 6) is 0. The molecular weight excluding hydrogens is 238 g/mol. The van der Waals surface area contributed by atoms with E-state index in [-0.39, 0.29) is 6.04 Å². The molecule has 1 saturated carbocycles. The zero-order chi connectivity index (χ0) is 12.0. The minimum absolute atomic E-state index is 0.119. The molecule has 3 N–H and O–H groups in total. The van der Waals surface area contributed by atoms with E-state index in [1.165, 1.54) is 4.31 Å². The van der Waals surface area contributed by atoms with Crippen molar-refractivity contribution < 1.29 is 8.42 Å². The molecule has 3 rings (SSSR count). The van der Waals surface area contributed by atoms with Crippen LogP contribution in [0.1, 0.15) is 18.4 Å². The molecule has 5 nitrogen and oxygen atoms in total. The molecule has 0 atom stereocenters. The van der Waals surface area contributed by atoms with Gasteiger partial charge in [-0.3, -0.25) is 4.31 Å². The molecule has 0 saturated heterocycles. The van der Waals surface area contributed by atoms with Gasteiger partial charge in [-0.25, -0.2) is 0 Å². The van der Waals surface area contributed by atoms with Crippen LogP contribution in [0.5, 0.6) is 0 Å². The lowest BCUT2D eigenvalue weighted by molar-refractivity contribution is 0.577. The molecule has 0 radical (unpaired) electrons. The molecule has 0 unspecified atom stereocenters. The van der Waals surface area contributed by atoms with E-state index in [2.05, 4.69) is 4.72 Å². The van der Waals surface area contributed by atoms with Crippen molar-refractivity contribution in [2.24, 2.45) is 0 Å². The minimum Gasteiger partial charge on any atom is -0.397 e. The van der Waals surface area contributed by atoms with Crippen LogP contribution in [0.2, 0.25) is 0 Å². The summed E-state index contributed by atoms with van der Waals surface area (Å²) in [5.41, 5.74) is 8.06. The Balaban J connectivity index is 1.97. The quantitative estimate of drug-likeness (QED) is 0.776. The molecule has 0 bridgehead atoms. The third-order valence-corrected chi connectivity index (χ3v) is 4.74. The Morgan fingerprint density at radius 3 is 2.82 bits per heavy atom. The number of anilines is 2. The highest BCUT2D eigenvalue weighted by atomic mass is 32.2. The molecule has 92 valence electrons. The predicted molar refractivity (Wildman–Crippen MR) is 67.0 cm³/mol. The SMILES string of the molecule is Nc1cccc2c1N(S(=O)(=O)NC1CC1)CC2. The first-order valence-corrected chi connectivity index (χ1v) is 7.19. The van der Waals surface area contributed by atoms with Gasteiger partial charge in [0.25, 0.3) is 0 Å². The van der Waals surface area contributed by atoms with E-state index < -0.39 is 10.2 Å². The predicted octanol–water partition coefficient (Wildman–Crippen LogP) is 0.628. The standard InChI is InChI=1S/C11H15N3O2S/c12-10-3-1-2-8-6-7-14(11(8)10)17(15,16)13-9-4-5-9/h1-3,9,13H,4-7,12H2. The van der Waals surface area contributed by atoms with Crippen LogP contribution in [0.15, 0.2) is 18.2 Å². The van der Waals surface area contributed by atoms with Gasteiger partial charge in [-0.1, -0.05) is 12.1 Å². The normalized spacial score (nSPS) is 19.4. The maximum absolute atomic E-state index is 12.2. The summed E-state index contributed by atoms with van der Waals surface area (Å²) in [6.07, 6.45) is 2.60. The van der Waals surface area contributed by atoms with Gasteiger partial charge in [0.2, 0.25) is 0 Å². The number of nitrogens with one attached hydrogen (secondary N) is 1. The Bertz CT molecular complexity index is 552. The van der Waals surface area contributed by atoms with Crippen LogP contribution in [0, 0.1) is 0 Å². The number of fused-ring (bicyclic) bond motifs is 1. The summed E-state index contributed by atoms with van der Waals surface area (Å²) in [6.45, 7) is 0.478. The molecule has 1 aliphatic carbocycles. The maximum atomic E-state index is 12.2. The first kappa shape index (κ1) is 10.9. The van der Waals surface area contributed by atoms with E-state index in [4.69, 9.17) is 5.73 Å². The molecule has 2 aliphatic rings. The van der Waals surface area contributed by atoms with Crippen molar-refractivity contribution in [1.82, 2.24) is 4.72 Å². The maximum Gasteiger partial charge on any atom is 0.301 e. The third kappa shape index (κ3) is 1.87. The summed E-state index contributed by atoms with van der Waals surface area (Å²) >= 11 is 0. The molecule has 0 spiro atoms.